The van der Waals surface area contributed by atoms with Crippen molar-refractivity contribution in [1.82, 2.24) is 14.8 Å². The van der Waals surface area contributed by atoms with Gasteiger partial charge in [-0.2, -0.15) is 13.2 Å². The first kappa shape index (κ1) is 27.3. The van der Waals surface area contributed by atoms with Crippen LogP contribution in [-0.4, -0.2) is 65.4 Å². The standard InChI is InChI=1S/C29H34F3N3O4/c1-18(2)39-27(37)34-12-10-28(11-13-34)17-35(15-19-6-4-5-7-22(19)29(30,31)32)24(16-36)26-25(28)21-9-8-20(38-3)14-23(21)33-26/h4-9,14,18,24,33,36H,10-13,15-17H2,1-3H3. The number of H-pyrrole nitrogens is 1. The third kappa shape index (κ3) is 5.07. The van der Waals surface area contributed by atoms with Crippen molar-refractivity contribution in [3.05, 3.63) is 64.8 Å². The molecule has 39 heavy (non-hydrogen) atoms. The molecule has 1 fully saturated rings. The number of methoxy groups -OCH3 is 1. The molecule has 1 spiro atoms. The van der Waals surface area contributed by atoms with Crippen molar-refractivity contribution in [2.75, 3.05) is 33.4 Å². The Bertz CT molecular complexity index is 1350. The molecule has 1 aromatic heterocycles. The highest BCUT2D eigenvalue weighted by Gasteiger charge is 2.48. The number of nitrogens with zero attached hydrogens (tertiary/aromatic N) is 2. The van der Waals surface area contributed by atoms with Crippen LogP contribution in [0.5, 0.6) is 5.75 Å². The second kappa shape index (κ2) is 10.4. The van der Waals surface area contributed by atoms with E-state index >= 15 is 0 Å². The van der Waals surface area contributed by atoms with Crippen LogP contribution in [0.25, 0.3) is 10.9 Å². The van der Waals surface area contributed by atoms with E-state index in [1.54, 1.807) is 18.1 Å². The number of carbonyl (C=O) groups is 1. The molecular formula is C29H34F3N3O4. The average molecular weight is 546 g/mol. The maximum Gasteiger partial charge on any atom is 0.416 e. The fourth-order valence-electron chi connectivity index (χ4n) is 6.23. The number of hydrogen-bond donors (Lipinski definition) is 2. The molecule has 0 bridgehead atoms. The van der Waals surface area contributed by atoms with Crippen LogP contribution in [0.2, 0.25) is 0 Å². The molecule has 3 aromatic rings. The van der Waals surface area contributed by atoms with Gasteiger partial charge in [0.25, 0.3) is 0 Å². The maximum atomic E-state index is 13.9. The minimum Gasteiger partial charge on any atom is -0.497 e. The van der Waals surface area contributed by atoms with Crippen molar-refractivity contribution in [3.8, 4) is 5.75 Å². The lowest BCUT2D eigenvalue weighted by Gasteiger charge is -2.50. The quantitative estimate of drug-likeness (QED) is 0.435. The predicted molar refractivity (Wildman–Crippen MR) is 141 cm³/mol. The van der Waals surface area contributed by atoms with Gasteiger partial charge in [-0.05, 0) is 56.0 Å². The van der Waals surface area contributed by atoms with E-state index in [2.05, 4.69) is 4.98 Å². The number of halogens is 3. The highest BCUT2D eigenvalue weighted by molar-refractivity contribution is 5.88. The van der Waals surface area contributed by atoms with Crippen LogP contribution in [0.4, 0.5) is 18.0 Å². The highest BCUT2D eigenvalue weighted by atomic mass is 19.4. The number of alkyl halides is 3. The van der Waals surface area contributed by atoms with E-state index in [4.69, 9.17) is 9.47 Å². The Balaban J connectivity index is 1.57. The summed E-state index contributed by atoms with van der Waals surface area (Å²) in [5, 5.41) is 11.5. The summed E-state index contributed by atoms with van der Waals surface area (Å²) in [6, 6.07) is 10.9. The number of aliphatic hydroxyl groups excluding tert-OH is 1. The van der Waals surface area contributed by atoms with Gasteiger partial charge in [0.2, 0.25) is 0 Å². The van der Waals surface area contributed by atoms with Crippen molar-refractivity contribution in [3.63, 3.8) is 0 Å². The minimum atomic E-state index is -4.48. The van der Waals surface area contributed by atoms with Crippen LogP contribution in [-0.2, 0) is 22.9 Å². The molecule has 2 aliphatic rings. The fraction of sp³-hybridized carbons (Fsp3) is 0.483. The third-order valence-corrected chi connectivity index (χ3v) is 8.03. The van der Waals surface area contributed by atoms with Crippen LogP contribution >= 0.6 is 0 Å². The van der Waals surface area contributed by atoms with E-state index in [1.807, 2.05) is 36.9 Å². The molecule has 210 valence electrons. The largest absolute Gasteiger partial charge is 0.497 e. The number of piperidine rings is 1. The molecule has 1 atom stereocenters. The summed E-state index contributed by atoms with van der Waals surface area (Å²) in [7, 11) is 1.59. The summed E-state index contributed by atoms with van der Waals surface area (Å²) in [5.41, 5.74) is 1.77. The van der Waals surface area contributed by atoms with E-state index in [1.165, 1.54) is 12.1 Å². The number of fused-ring (bicyclic) bond motifs is 4. The number of aromatic nitrogens is 1. The SMILES string of the molecule is COc1ccc2c3c([nH]c2c1)C(CO)N(Cc1ccccc1C(F)(F)F)CC31CCN(C(=O)OC(C)C)CC1. The molecule has 3 heterocycles. The highest BCUT2D eigenvalue weighted by Crippen LogP contribution is 2.49. The average Bonchev–Trinajstić information content (AvgIpc) is 3.28. The Kier molecular flexibility index (Phi) is 7.28. The van der Waals surface area contributed by atoms with Crippen LogP contribution in [0.1, 0.15) is 55.1 Å². The molecule has 10 heteroatoms. The first-order valence-corrected chi connectivity index (χ1v) is 13.2. The van der Waals surface area contributed by atoms with Crippen LogP contribution in [0.15, 0.2) is 42.5 Å². The van der Waals surface area contributed by atoms with E-state index in [-0.39, 0.29) is 30.9 Å². The maximum absolute atomic E-state index is 13.9. The molecule has 1 unspecified atom stereocenters. The van der Waals surface area contributed by atoms with E-state index in [0.717, 1.165) is 28.2 Å². The lowest BCUT2D eigenvalue weighted by atomic mass is 9.68. The second-order valence-electron chi connectivity index (χ2n) is 10.8. The van der Waals surface area contributed by atoms with Gasteiger partial charge in [-0.3, -0.25) is 4.90 Å². The Morgan fingerprint density at radius 1 is 1.18 bits per heavy atom. The topological polar surface area (TPSA) is 78.0 Å². The van der Waals surface area contributed by atoms with E-state index in [9.17, 15) is 23.1 Å². The van der Waals surface area contributed by atoms with Crippen molar-refractivity contribution in [2.45, 2.75) is 57.0 Å². The Labute approximate surface area is 225 Å². The smallest absolute Gasteiger partial charge is 0.416 e. The third-order valence-electron chi connectivity index (χ3n) is 8.03. The van der Waals surface area contributed by atoms with Crippen molar-refractivity contribution < 1.29 is 32.5 Å². The monoisotopic (exact) mass is 545 g/mol. The van der Waals surface area contributed by atoms with Crippen molar-refractivity contribution >= 4 is 17.0 Å². The summed E-state index contributed by atoms with van der Waals surface area (Å²) in [4.78, 5) is 19.7. The number of likely N-dealkylation sites (tertiary alicyclic amines) is 1. The van der Waals surface area contributed by atoms with Gasteiger partial charge >= 0.3 is 12.3 Å². The van der Waals surface area contributed by atoms with Crippen LogP contribution in [0, 0.1) is 0 Å². The number of carbonyl (C=O) groups excluding carboxylic acids is 1. The van der Waals surface area contributed by atoms with Gasteiger partial charge in [-0.15, -0.1) is 0 Å². The number of aromatic amines is 1. The molecule has 0 radical (unpaired) electrons. The normalized spacial score (nSPS) is 19.5. The number of amides is 1. The number of nitrogens with one attached hydrogen (secondary N) is 1. The van der Waals surface area contributed by atoms with E-state index < -0.39 is 23.2 Å². The van der Waals surface area contributed by atoms with Gasteiger partial charge in [0.15, 0.2) is 0 Å². The molecular weight excluding hydrogens is 511 g/mol. The Morgan fingerprint density at radius 3 is 2.54 bits per heavy atom. The van der Waals surface area contributed by atoms with Gasteiger partial charge in [0.05, 0.1) is 31.4 Å². The zero-order valence-corrected chi connectivity index (χ0v) is 22.3. The zero-order chi connectivity index (χ0) is 27.9. The van der Waals surface area contributed by atoms with Gasteiger partial charge in [-0.1, -0.05) is 18.2 Å². The van der Waals surface area contributed by atoms with Gasteiger partial charge in [0, 0.05) is 54.3 Å². The van der Waals surface area contributed by atoms with Gasteiger partial charge in [-0.25, -0.2) is 4.79 Å². The van der Waals surface area contributed by atoms with Gasteiger partial charge in [0.1, 0.15) is 5.75 Å². The zero-order valence-electron chi connectivity index (χ0n) is 22.3. The number of aliphatic hydroxyl groups is 1. The van der Waals surface area contributed by atoms with Crippen LogP contribution in [0.3, 0.4) is 0 Å². The lowest BCUT2D eigenvalue weighted by molar-refractivity contribution is -0.138. The molecule has 1 amide bonds. The second-order valence-corrected chi connectivity index (χ2v) is 10.8. The summed E-state index contributed by atoms with van der Waals surface area (Å²) < 4.78 is 52.4. The number of rotatable bonds is 5. The summed E-state index contributed by atoms with van der Waals surface area (Å²) in [6.07, 6.45) is -3.84. The molecule has 0 saturated carbocycles. The number of benzene rings is 2. The molecule has 1 saturated heterocycles. The van der Waals surface area contributed by atoms with Crippen molar-refractivity contribution in [2.24, 2.45) is 0 Å². The van der Waals surface area contributed by atoms with Crippen LogP contribution < -0.4 is 4.74 Å². The number of ether oxygens (including phenoxy) is 2. The Morgan fingerprint density at radius 2 is 1.90 bits per heavy atom. The molecule has 0 aliphatic carbocycles. The summed E-state index contributed by atoms with van der Waals surface area (Å²) >= 11 is 0. The van der Waals surface area contributed by atoms with Gasteiger partial charge < -0.3 is 24.5 Å². The predicted octanol–water partition coefficient (Wildman–Crippen LogP) is 5.62. The first-order chi connectivity index (χ1) is 18.6. The van der Waals surface area contributed by atoms with E-state index in [0.29, 0.717) is 38.2 Å². The molecule has 5 rings (SSSR count). The summed E-state index contributed by atoms with van der Waals surface area (Å²) in [5.74, 6) is 0.679. The minimum absolute atomic E-state index is 0.0277. The molecule has 2 aromatic carbocycles. The Hall–Kier alpha value is -3.24. The van der Waals surface area contributed by atoms with Crippen molar-refractivity contribution in [1.29, 1.82) is 0 Å². The molecule has 7 nitrogen and oxygen atoms in total. The molecule has 2 N–H and O–H groups in total. The first-order valence-electron chi connectivity index (χ1n) is 13.2. The summed E-state index contributed by atoms with van der Waals surface area (Å²) in [6.45, 7) is 4.76. The lowest BCUT2D eigenvalue weighted by Crippen LogP contribution is -2.54. The molecule has 2 aliphatic heterocycles. The fourth-order valence-corrected chi connectivity index (χ4v) is 6.23. The number of hydrogen-bond acceptors (Lipinski definition) is 5.